The molecule has 1 heterocycles. The first kappa shape index (κ1) is 18.8. The smallest absolute Gasteiger partial charge is 0.272 e. The van der Waals surface area contributed by atoms with Crippen LogP contribution in [0.4, 0.5) is 13.2 Å². The third kappa shape index (κ3) is 3.77. The number of likely N-dealkylation sites (N-methyl/N-ethyl adjacent to an activating group) is 1. The molecule has 2 unspecified atom stereocenters. The maximum Gasteiger partial charge on any atom is 0.272 e. The van der Waals surface area contributed by atoms with Gasteiger partial charge in [-0.05, 0) is 23.3 Å². The van der Waals surface area contributed by atoms with Crippen molar-refractivity contribution in [1.82, 2.24) is 4.90 Å². The summed E-state index contributed by atoms with van der Waals surface area (Å²) in [7, 11) is 1.73. The number of alkyl halides is 3. The standard InChI is InChI=1S/C20H19F3N2O2/c1-25-17(12-6-3-2-4-7-12)18(26)16(20(25)24)13-8-5-9-14(10-13)27-11-15(21)19(22)23/h2-10,15,17,19H,11,24H2,1H3. The quantitative estimate of drug-likeness (QED) is 0.838. The Morgan fingerprint density at radius 2 is 1.81 bits per heavy atom. The minimum Gasteiger partial charge on any atom is -0.490 e. The molecule has 4 nitrogen and oxygen atoms in total. The van der Waals surface area contributed by atoms with Gasteiger partial charge in [0.25, 0.3) is 6.43 Å². The normalized spacial score (nSPS) is 18.3. The van der Waals surface area contributed by atoms with Gasteiger partial charge in [0, 0.05) is 7.05 Å². The van der Waals surface area contributed by atoms with Crippen LogP contribution in [-0.4, -0.2) is 36.9 Å². The van der Waals surface area contributed by atoms with Crippen LogP contribution in [-0.2, 0) is 4.79 Å². The largest absolute Gasteiger partial charge is 0.490 e. The van der Waals surface area contributed by atoms with Crippen molar-refractivity contribution in [2.24, 2.45) is 5.73 Å². The van der Waals surface area contributed by atoms with Crippen LogP contribution in [0.3, 0.4) is 0 Å². The van der Waals surface area contributed by atoms with Crippen LogP contribution in [0.5, 0.6) is 5.75 Å². The zero-order valence-corrected chi connectivity index (χ0v) is 14.6. The van der Waals surface area contributed by atoms with Crippen molar-refractivity contribution >= 4 is 11.4 Å². The lowest BCUT2D eigenvalue weighted by molar-refractivity contribution is -0.116. The van der Waals surface area contributed by atoms with Crippen LogP contribution in [0.2, 0.25) is 0 Å². The molecule has 2 aromatic carbocycles. The highest BCUT2D eigenvalue weighted by Crippen LogP contribution is 2.38. The summed E-state index contributed by atoms with van der Waals surface area (Å²) in [6, 6.07) is 15.0. The predicted octanol–water partition coefficient (Wildman–Crippen LogP) is 3.55. The average molecular weight is 376 g/mol. The van der Waals surface area contributed by atoms with Crippen molar-refractivity contribution in [2.75, 3.05) is 13.7 Å². The van der Waals surface area contributed by atoms with Gasteiger partial charge in [-0.15, -0.1) is 0 Å². The van der Waals surface area contributed by atoms with Crippen molar-refractivity contribution in [3.63, 3.8) is 0 Å². The zero-order chi connectivity index (χ0) is 19.6. The second kappa shape index (κ2) is 7.73. The Labute approximate surface area is 155 Å². The molecule has 0 saturated carbocycles. The Morgan fingerprint density at radius 1 is 1.11 bits per heavy atom. The van der Waals surface area contributed by atoms with Crippen LogP contribution in [0.1, 0.15) is 17.2 Å². The number of rotatable bonds is 6. The first-order valence-corrected chi connectivity index (χ1v) is 8.37. The highest BCUT2D eigenvalue weighted by Gasteiger charge is 2.38. The van der Waals surface area contributed by atoms with Gasteiger partial charge in [-0.25, -0.2) is 13.2 Å². The number of ether oxygens (including phenoxy) is 1. The summed E-state index contributed by atoms with van der Waals surface area (Å²) in [6.07, 6.45) is -5.48. The number of benzene rings is 2. The van der Waals surface area contributed by atoms with E-state index in [-0.39, 0.29) is 11.5 Å². The molecule has 27 heavy (non-hydrogen) atoms. The molecule has 1 aliphatic heterocycles. The Bertz CT molecular complexity index is 855. The Hall–Kier alpha value is -2.96. The van der Waals surface area contributed by atoms with Gasteiger partial charge in [-0.3, -0.25) is 4.79 Å². The number of carbonyl (C=O) groups excluding carboxylic acids is 1. The fourth-order valence-corrected chi connectivity index (χ4v) is 3.04. The number of carbonyl (C=O) groups is 1. The van der Waals surface area contributed by atoms with E-state index in [0.29, 0.717) is 17.0 Å². The van der Waals surface area contributed by atoms with Crippen molar-refractivity contribution in [3.8, 4) is 5.75 Å². The first-order chi connectivity index (χ1) is 12.9. The van der Waals surface area contributed by atoms with Gasteiger partial charge >= 0.3 is 0 Å². The van der Waals surface area contributed by atoms with E-state index in [9.17, 15) is 18.0 Å². The van der Waals surface area contributed by atoms with E-state index in [0.717, 1.165) is 5.56 Å². The molecule has 2 atom stereocenters. The van der Waals surface area contributed by atoms with Crippen LogP contribution >= 0.6 is 0 Å². The molecule has 0 fully saturated rings. The second-order valence-electron chi connectivity index (χ2n) is 6.24. The second-order valence-corrected chi connectivity index (χ2v) is 6.24. The minimum absolute atomic E-state index is 0.172. The lowest BCUT2D eigenvalue weighted by Gasteiger charge is -2.21. The molecular formula is C20H19F3N2O2. The molecule has 0 bridgehead atoms. The van der Waals surface area contributed by atoms with E-state index >= 15 is 0 Å². The highest BCUT2D eigenvalue weighted by molar-refractivity contribution is 6.26. The number of nitrogens with zero attached hydrogens (tertiary/aromatic N) is 1. The summed E-state index contributed by atoms with van der Waals surface area (Å²) in [6.45, 7) is -0.768. The van der Waals surface area contributed by atoms with Crippen LogP contribution < -0.4 is 10.5 Å². The van der Waals surface area contributed by atoms with E-state index < -0.39 is 25.2 Å². The van der Waals surface area contributed by atoms with Crippen molar-refractivity contribution in [2.45, 2.75) is 18.6 Å². The number of ketones is 1. The number of Topliss-reactive ketones (excluding diaryl/α,β-unsaturated/α-hetero) is 1. The average Bonchev–Trinajstić information content (AvgIpc) is 2.89. The fraction of sp³-hybridized carbons (Fsp3) is 0.250. The van der Waals surface area contributed by atoms with E-state index in [1.54, 1.807) is 24.1 Å². The fourth-order valence-electron chi connectivity index (χ4n) is 3.04. The van der Waals surface area contributed by atoms with Gasteiger partial charge in [0.1, 0.15) is 24.2 Å². The van der Waals surface area contributed by atoms with Gasteiger partial charge in [-0.2, -0.15) is 0 Å². The molecule has 142 valence electrons. The lowest BCUT2D eigenvalue weighted by atomic mass is 9.96. The molecule has 7 heteroatoms. The summed E-state index contributed by atoms with van der Waals surface area (Å²) in [5.74, 6) is 0.325. The van der Waals surface area contributed by atoms with Gasteiger partial charge in [-0.1, -0.05) is 42.5 Å². The van der Waals surface area contributed by atoms with Gasteiger partial charge in [0.2, 0.25) is 0 Å². The lowest BCUT2D eigenvalue weighted by Crippen LogP contribution is -2.25. The molecule has 0 aliphatic carbocycles. The maximum atomic E-state index is 13.1. The highest BCUT2D eigenvalue weighted by atomic mass is 19.3. The summed E-state index contributed by atoms with van der Waals surface area (Å²) in [4.78, 5) is 14.7. The SMILES string of the molecule is CN1C(N)=C(c2cccc(OCC(F)C(F)F)c2)C(=O)C1c1ccccc1. The first-order valence-electron chi connectivity index (χ1n) is 8.37. The number of hydrogen-bond donors (Lipinski definition) is 1. The topological polar surface area (TPSA) is 55.6 Å². The molecule has 0 amide bonds. The Kier molecular flexibility index (Phi) is 5.39. The zero-order valence-electron chi connectivity index (χ0n) is 14.6. The summed E-state index contributed by atoms with van der Waals surface area (Å²) in [5.41, 5.74) is 7.80. The van der Waals surface area contributed by atoms with Crippen LogP contribution in [0.15, 0.2) is 60.4 Å². The van der Waals surface area contributed by atoms with E-state index in [2.05, 4.69) is 0 Å². The van der Waals surface area contributed by atoms with Gasteiger partial charge in [0.15, 0.2) is 12.0 Å². The van der Waals surface area contributed by atoms with Crippen molar-refractivity contribution in [3.05, 3.63) is 71.5 Å². The van der Waals surface area contributed by atoms with E-state index in [1.165, 1.54) is 12.1 Å². The summed E-state index contributed by atoms with van der Waals surface area (Å²) in [5, 5.41) is 0. The van der Waals surface area contributed by atoms with Gasteiger partial charge in [0.05, 0.1) is 5.57 Å². The Balaban J connectivity index is 1.85. The third-order valence-electron chi connectivity index (χ3n) is 4.44. The molecule has 1 aliphatic rings. The summed E-state index contributed by atoms with van der Waals surface area (Å²) < 4.78 is 42.7. The minimum atomic E-state index is -3.11. The molecule has 0 saturated heterocycles. The van der Waals surface area contributed by atoms with E-state index in [4.69, 9.17) is 10.5 Å². The van der Waals surface area contributed by atoms with Gasteiger partial charge < -0.3 is 15.4 Å². The molecule has 2 N–H and O–H groups in total. The van der Waals surface area contributed by atoms with Crippen molar-refractivity contribution in [1.29, 1.82) is 0 Å². The molecule has 3 rings (SSSR count). The molecular weight excluding hydrogens is 357 g/mol. The molecule has 2 aromatic rings. The van der Waals surface area contributed by atoms with Crippen LogP contribution in [0.25, 0.3) is 5.57 Å². The predicted molar refractivity (Wildman–Crippen MR) is 95.9 cm³/mol. The van der Waals surface area contributed by atoms with Crippen molar-refractivity contribution < 1.29 is 22.7 Å². The monoisotopic (exact) mass is 376 g/mol. The Morgan fingerprint density at radius 3 is 2.48 bits per heavy atom. The molecule has 0 radical (unpaired) electrons. The number of hydrogen-bond acceptors (Lipinski definition) is 4. The third-order valence-corrected chi connectivity index (χ3v) is 4.44. The van der Waals surface area contributed by atoms with Crippen LogP contribution in [0, 0.1) is 0 Å². The number of halogens is 3. The number of nitrogens with two attached hydrogens (primary N) is 1. The molecule has 0 aromatic heterocycles. The molecule has 0 spiro atoms. The maximum absolute atomic E-state index is 13.1. The van der Waals surface area contributed by atoms with E-state index in [1.807, 2.05) is 30.3 Å². The summed E-state index contributed by atoms with van der Waals surface area (Å²) >= 11 is 0.